The van der Waals surface area contributed by atoms with Gasteiger partial charge in [-0.1, -0.05) is 6.08 Å². The first kappa shape index (κ1) is 9.30. The molecule has 1 fully saturated rings. The Morgan fingerprint density at radius 3 is 3.00 bits per heavy atom. The van der Waals surface area contributed by atoms with Gasteiger partial charge in [0.25, 0.3) is 0 Å². The molecule has 0 saturated carbocycles. The Bertz CT molecular complexity index is 177. The standard InChI is InChI=1S/C10H17NO/c1-3-4-7-10(12)11-8-5-6-9(11)2/h3,9H,1,4-8H2,2H3. The second-order valence-corrected chi connectivity index (χ2v) is 3.41. The van der Waals surface area contributed by atoms with Gasteiger partial charge in [-0.3, -0.25) is 4.79 Å². The summed E-state index contributed by atoms with van der Waals surface area (Å²) in [4.78, 5) is 13.5. The maximum absolute atomic E-state index is 11.5. The van der Waals surface area contributed by atoms with Crippen LogP contribution in [0, 0.1) is 0 Å². The predicted molar refractivity (Wildman–Crippen MR) is 49.8 cm³/mol. The monoisotopic (exact) mass is 167 g/mol. The SMILES string of the molecule is C=CCCC(=O)N1CCCC1C. The molecule has 0 N–H and O–H groups in total. The smallest absolute Gasteiger partial charge is 0.223 e. The second kappa shape index (κ2) is 4.29. The molecule has 0 aromatic carbocycles. The van der Waals surface area contributed by atoms with Gasteiger partial charge < -0.3 is 4.90 Å². The van der Waals surface area contributed by atoms with E-state index >= 15 is 0 Å². The Balaban J connectivity index is 2.35. The molecule has 0 aromatic heterocycles. The average Bonchev–Trinajstić information content (AvgIpc) is 2.47. The third-order valence-corrected chi connectivity index (χ3v) is 2.44. The van der Waals surface area contributed by atoms with Crippen LogP contribution < -0.4 is 0 Å². The van der Waals surface area contributed by atoms with Gasteiger partial charge in [0.15, 0.2) is 0 Å². The molecule has 0 aliphatic carbocycles. The fourth-order valence-corrected chi connectivity index (χ4v) is 1.67. The molecule has 12 heavy (non-hydrogen) atoms. The molecule has 2 heteroatoms. The van der Waals surface area contributed by atoms with E-state index in [1.807, 2.05) is 4.90 Å². The Hall–Kier alpha value is -0.790. The third kappa shape index (κ3) is 2.10. The van der Waals surface area contributed by atoms with E-state index in [1.165, 1.54) is 12.8 Å². The molecule has 1 saturated heterocycles. The largest absolute Gasteiger partial charge is 0.340 e. The summed E-state index contributed by atoms with van der Waals surface area (Å²) < 4.78 is 0. The van der Waals surface area contributed by atoms with Crippen molar-refractivity contribution in [1.82, 2.24) is 4.90 Å². The van der Waals surface area contributed by atoms with E-state index in [4.69, 9.17) is 0 Å². The van der Waals surface area contributed by atoms with Crippen molar-refractivity contribution in [2.45, 2.75) is 38.6 Å². The number of carbonyl (C=O) groups is 1. The molecule has 0 aromatic rings. The number of likely N-dealkylation sites (tertiary alicyclic amines) is 1. The van der Waals surface area contributed by atoms with Crippen LogP contribution in [0.15, 0.2) is 12.7 Å². The van der Waals surface area contributed by atoms with Gasteiger partial charge in [-0.25, -0.2) is 0 Å². The lowest BCUT2D eigenvalue weighted by atomic mass is 10.2. The minimum Gasteiger partial charge on any atom is -0.340 e. The van der Waals surface area contributed by atoms with Crippen molar-refractivity contribution in [2.75, 3.05) is 6.54 Å². The third-order valence-electron chi connectivity index (χ3n) is 2.44. The van der Waals surface area contributed by atoms with Crippen molar-refractivity contribution in [3.8, 4) is 0 Å². The van der Waals surface area contributed by atoms with Crippen LogP contribution in [-0.2, 0) is 4.79 Å². The molecule has 0 spiro atoms. The molecular formula is C10H17NO. The van der Waals surface area contributed by atoms with Gasteiger partial charge in [0.2, 0.25) is 5.91 Å². The minimum absolute atomic E-state index is 0.292. The Morgan fingerprint density at radius 2 is 2.50 bits per heavy atom. The van der Waals surface area contributed by atoms with E-state index in [0.29, 0.717) is 18.4 Å². The van der Waals surface area contributed by atoms with Crippen LogP contribution >= 0.6 is 0 Å². The van der Waals surface area contributed by atoms with E-state index in [-0.39, 0.29) is 0 Å². The first-order valence-electron chi connectivity index (χ1n) is 4.66. The highest BCUT2D eigenvalue weighted by atomic mass is 16.2. The van der Waals surface area contributed by atoms with Crippen LogP contribution in [0.2, 0.25) is 0 Å². The molecule has 1 unspecified atom stereocenters. The van der Waals surface area contributed by atoms with Crippen molar-refractivity contribution in [3.63, 3.8) is 0 Å². The number of amides is 1. The van der Waals surface area contributed by atoms with Crippen LogP contribution in [0.25, 0.3) is 0 Å². The summed E-state index contributed by atoms with van der Waals surface area (Å²) in [6.45, 7) is 6.69. The van der Waals surface area contributed by atoms with E-state index in [2.05, 4.69) is 13.5 Å². The van der Waals surface area contributed by atoms with Gasteiger partial charge >= 0.3 is 0 Å². The molecule has 1 amide bonds. The van der Waals surface area contributed by atoms with Crippen LogP contribution in [-0.4, -0.2) is 23.4 Å². The quantitative estimate of drug-likeness (QED) is 0.588. The van der Waals surface area contributed by atoms with Gasteiger partial charge in [0, 0.05) is 19.0 Å². The normalized spacial score (nSPS) is 22.8. The molecule has 1 atom stereocenters. The molecule has 68 valence electrons. The van der Waals surface area contributed by atoms with Gasteiger partial charge in [0.1, 0.15) is 0 Å². The van der Waals surface area contributed by atoms with Gasteiger partial charge in [0.05, 0.1) is 0 Å². The van der Waals surface area contributed by atoms with E-state index in [0.717, 1.165) is 13.0 Å². The van der Waals surface area contributed by atoms with Crippen molar-refractivity contribution in [1.29, 1.82) is 0 Å². The number of hydrogen-bond donors (Lipinski definition) is 0. The van der Waals surface area contributed by atoms with Crippen LogP contribution in [0.3, 0.4) is 0 Å². The van der Waals surface area contributed by atoms with E-state index in [1.54, 1.807) is 6.08 Å². The van der Waals surface area contributed by atoms with Gasteiger partial charge in [-0.2, -0.15) is 0 Å². The molecular weight excluding hydrogens is 150 g/mol. The zero-order chi connectivity index (χ0) is 8.97. The number of carbonyl (C=O) groups excluding carboxylic acids is 1. The summed E-state index contributed by atoms with van der Waals surface area (Å²) in [5, 5.41) is 0. The average molecular weight is 167 g/mol. The first-order valence-corrected chi connectivity index (χ1v) is 4.66. The maximum atomic E-state index is 11.5. The summed E-state index contributed by atoms with van der Waals surface area (Å²) in [6, 6.07) is 0.460. The molecule has 0 bridgehead atoms. The Labute approximate surface area is 74.2 Å². The summed E-state index contributed by atoms with van der Waals surface area (Å²) in [5.41, 5.74) is 0. The second-order valence-electron chi connectivity index (χ2n) is 3.41. The van der Waals surface area contributed by atoms with Gasteiger partial charge in [-0.05, 0) is 26.2 Å². The summed E-state index contributed by atoms with van der Waals surface area (Å²) in [5.74, 6) is 0.292. The van der Waals surface area contributed by atoms with Crippen molar-refractivity contribution >= 4 is 5.91 Å². The Kier molecular flexibility index (Phi) is 3.32. The highest BCUT2D eigenvalue weighted by molar-refractivity contribution is 5.76. The highest BCUT2D eigenvalue weighted by Crippen LogP contribution is 2.17. The molecule has 0 radical (unpaired) electrons. The highest BCUT2D eigenvalue weighted by Gasteiger charge is 2.23. The lowest BCUT2D eigenvalue weighted by molar-refractivity contribution is -0.131. The number of rotatable bonds is 3. The van der Waals surface area contributed by atoms with E-state index < -0.39 is 0 Å². The van der Waals surface area contributed by atoms with Crippen molar-refractivity contribution < 1.29 is 4.79 Å². The molecule has 1 heterocycles. The van der Waals surface area contributed by atoms with Gasteiger partial charge in [-0.15, -0.1) is 6.58 Å². The first-order chi connectivity index (χ1) is 5.75. The zero-order valence-corrected chi connectivity index (χ0v) is 7.75. The molecule has 1 rings (SSSR count). The fraction of sp³-hybridized carbons (Fsp3) is 0.700. The topological polar surface area (TPSA) is 20.3 Å². The molecule has 1 aliphatic heterocycles. The van der Waals surface area contributed by atoms with E-state index in [9.17, 15) is 4.79 Å². The number of nitrogens with zero attached hydrogens (tertiary/aromatic N) is 1. The number of allylic oxidation sites excluding steroid dienone is 1. The maximum Gasteiger partial charge on any atom is 0.223 e. The molecule has 1 aliphatic rings. The van der Waals surface area contributed by atoms with Crippen molar-refractivity contribution in [2.24, 2.45) is 0 Å². The zero-order valence-electron chi connectivity index (χ0n) is 7.75. The predicted octanol–water partition coefficient (Wildman–Crippen LogP) is 1.96. The summed E-state index contributed by atoms with van der Waals surface area (Å²) >= 11 is 0. The van der Waals surface area contributed by atoms with Crippen LogP contribution in [0.1, 0.15) is 32.6 Å². The lowest BCUT2D eigenvalue weighted by Crippen LogP contribution is -2.33. The number of hydrogen-bond acceptors (Lipinski definition) is 1. The summed E-state index contributed by atoms with van der Waals surface area (Å²) in [7, 11) is 0. The lowest BCUT2D eigenvalue weighted by Gasteiger charge is -2.20. The molecule has 2 nitrogen and oxygen atoms in total. The van der Waals surface area contributed by atoms with Crippen LogP contribution in [0.5, 0.6) is 0 Å². The van der Waals surface area contributed by atoms with Crippen molar-refractivity contribution in [3.05, 3.63) is 12.7 Å². The minimum atomic E-state index is 0.292. The fourth-order valence-electron chi connectivity index (χ4n) is 1.67. The summed E-state index contributed by atoms with van der Waals surface area (Å²) in [6.07, 6.45) is 5.58. The Morgan fingerprint density at radius 1 is 1.75 bits per heavy atom. The van der Waals surface area contributed by atoms with Crippen LogP contribution in [0.4, 0.5) is 0 Å².